The van der Waals surface area contributed by atoms with Crippen molar-refractivity contribution in [2.45, 2.75) is 71.1 Å². The maximum Gasteiger partial charge on any atom is 0.258 e. The minimum atomic E-state index is -3.87. The van der Waals surface area contributed by atoms with Gasteiger partial charge in [-0.15, -0.1) is 0 Å². The highest BCUT2D eigenvalue weighted by atomic mass is 35.5. The van der Waals surface area contributed by atoms with E-state index in [1.807, 2.05) is 6.07 Å². The van der Waals surface area contributed by atoms with Gasteiger partial charge in [-0.3, -0.25) is 9.29 Å². The Balaban J connectivity index is 1.89. The standard InChI is InChI=1S/C38H46ClF2N3O6SSi/c1-21(2)52(22(3)4,23(5)6)50-37-34-29(20-44(38(34)45)19-25-11-12-27(48-8)16-33(25)49-9)36(43(7)51(10,46)47)28-14-24(18-42-35(28)37)13-26-15-30(39)32(41)17-31(26)40/h11-12,14-18,20-23,45H,13,19H2,1-10H3. The van der Waals surface area contributed by atoms with E-state index < -0.39 is 30.0 Å². The third-order valence-corrected chi connectivity index (χ3v) is 17.5. The van der Waals surface area contributed by atoms with Gasteiger partial charge < -0.3 is 23.6 Å². The molecule has 0 saturated carbocycles. The van der Waals surface area contributed by atoms with E-state index in [0.717, 1.165) is 22.2 Å². The normalized spacial score (nSPS) is 12.5. The van der Waals surface area contributed by atoms with E-state index in [4.69, 9.17) is 30.5 Å². The molecule has 5 aromatic rings. The minimum Gasteiger partial charge on any atom is -0.541 e. The van der Waals surface area contributed by atoms with Crippen molar-refractivity contribution < 1.29 is 36.2 Å². The highest BCUT2D eigenvalue weighted by Crippen LogP contribution is 2.51. The molecule has 2 heterocycles. The number of hydrogen-bond acceptors (Lipinski definition) is 7. The van der Waals surface area contributed by atoms with E-state index in [1.165, 1.54) is 13.1 Å². The molecular weight excluding hydrogens is 728 g/mol. The van der Waals surface area contributed by atoms with Gasteiger partial charge in [-0.25, -0.2) is 17.2 Å². The molecule has 9 nitrogen and oxygen atoms in total. The SMILES string of the molecule is COc1ccc(Cn2cc3c(N(C)S(C)(=O)=O)c4cc(Cc5cc(Cl)c(F)cc5F)cnc4c(O[Si](C(C)C)(C(C)C)C(C)C)c3c2O)c(OC)c1. The van der Waals surface area contributed by atoms with Gasteiger partial charge in [-0.2, -0.15) is 0 Å². The Morgan fingerprint density at radius 1 is 0.942 bits per heavy atom. The van der Waals surface area contributed by atoms with Crippen molar-refractivity contribution in [1.29, 1.82) is 0 Å². The van der Waals surface area contributed by atoms with Crippen molar-refractivity contribution in [2.24, 2.45) is 0 Å². The van der Waals surface area contributed by atoms with Crippen LogP contribution in [0, 0.1) is 11.6 Å². The summed E-state index contributed by atoms with van der Waals surface area (Å²) >= 11 is 6.01. The lowest BCUT2D eigenvalue weighted by atomic mass is 10.0. The van der Waals surface area contributed by atoms with Crippen LogP contribution in [0.5, 0.6) is 23.1 Å². The number of sulfonamides is 1. The fourth-order valence-electron chi connectivity index (χ4n) is 7.52. The summed E-state index contributed by atoms with van der Waals surface area (Å²) < 4.78 is 76.7. The molecule has 0 aliphatic carbocycles. The van der Waals surface area contributed by atoms with Crippen LogP contribution in [0.2, 0.25) is 21.6 Å². The predicted octanol–water partition coefficient (Wildman–Crippen LogP) is 9.43. The number of rotatable bonds is 13. The molecule has 14 heteroatoms. The van der Waals surface area contributed by atoms with Crippen molar-refractivity contribution in [3.63, 3.8) is 0 Å². The van der Waals surface area contributed by atoms with Crippen LogP contribution in [0.1, 0.15) is 58.2 Å². The van der Waals surface area contributed by atoms with E-state index in [2.05, 4.69) is 41.5 Å². The molecule has 52 heavy (non-hydrogen) atoms. The molecule has 0 bridgehead atoms. The summed E-state index contributed by atoms with van der Waals surface area (Å²) in [4.78, 5) is 4.86. The van der Waals surface area contributed by atoms with Crippen molar-refractivity contribution in [2.75, 3.05) is 31.8 Å². The maximum absolute atomic E-state index is 14.9. The lowest BCUT2D eigenvalue weighted by molar-refractivity contribution is 0.387. The van der Waals surface area contributed by atoms with Crippen LogP contribution >= 0.6 is 11.6 Å². The Labute approximate surface area is 310 Å². The fraction of sp³-hybridized carbons (Fsp3) is 0.395. The van der Waals surface area contributed by atoms with Crippen LogP contribution in [0.25, 0.3) is 21.7 Å². The van der Waals surface area contributed by atoms with Crippen LogP contribution in [0.4, 0.5) is 14.5 Å². The summed E-state index contributed by atoms with van der Waals surface area (Å²) in [5.74, 6) is -0.293. The van der Waals surface area contributed by atoms with Crippen LogP contribution in [0.15, 0.2) is 48.8 Å². The topological polar surface area (TPSA) is 103 Å². The van der Waals surface area contributed by atoms with E-state index in [1.54, 1.807) is 49.4 Å². The van der Waals surface area contributed by atoms with Crippen LogP contribution in [-0.2, 0) is 23.0 Å². The Kier molecular flexibility index (Phi) is 11.1. The lowest BCUT2D eigenvalue weighted by Gasteiger charge is -2.42. The summed E-state index contributed by atoms with van der Waals surface area (Å²) in [5, 5.41) is 13.1. The Bertz CT molecular complexity index is 2240. The van der Waals surface area contributed by atoms with E-state index in [0.29, 0.717) is 44.5 Å². The van der Waals surface area contributed by atoms with Crippen molar-refractivity contribution >= 4 is 57.3 Å². The summed E-state index contributed by atoms with van der Waals surface area (Å²) in [6, 6.07) is 9.09. The van der Waals surface area contributed by atoms with Gasteiger partial charge >= 0.3 is 0 Å². The molecule has 0 radical (unpaired) electrons. The van der Waals surface area contributed by atoms with Crippen molar-refractivity contribution in [3.8, 4) is 23.1 Å². The number of pyridine rings is 1. The molecule has 0 atom stereocenters. The molecule has 0 aliphatic heterocycles. The molecule has 3 aromatic carbocycles. The molecule has 0 amide bonds. The lowest BCUT2D eigenvalue weighted by Crippen LogP contribution is -2.50. The van der Waals surface area contributed by atoms with E-state index in [9.17, 15) is 22.3 Å². The maximum atomic E-state index is 14.9. The molecule has 0 aliphatic rings. The first-order chi connectivity index (χ1) is 24.3. The van der Waals surface area contributed by atoms with E-state index in [-0.39, 0.29) is 51.7 Å². The number of aromatic hydroxyl groups is 1. The van der Waals surface area contributed by atoms with Gasteiger partial charge in [0.05, 0.1) is 43.1 Å². The van der Waals surface area contributed by atoms with Crippen LogP contribution in [0.3, 0.4) is 0 Å². The van der Waals surface area contributed by atoms with Crippen molar-refractivity contribution in [3.05, 3.63) is 82.1 Å². The number of benzene rings is 3. The van der Waals surface area contributed by atoms with Gasteiger partial charge in [0, 0.05) is 54.3 Å². The number of ether oxygens (including phenoxy) is 2. The number of anilines is 1. The first-order valence-electron chi connectivity index (χ1n) is 17.0. The summed E-state index contributed by atoms with van der Waals surface area (Å²) in [7, 11) is -2.04. The average molecular weight is 774 g/mol. The largest absolute Gasteiger partial charge is 0.541 e. The highest BCUT2D eigenvalue weighted by Gasteiger charge is 2.48. The molecule has 2 aromatic heterocycles. The fourth-order valence-corrected chi connectivity index (χ4v) is 13.5. The van der Waals surface area contributed by atoms with E-state index >= 15 is 0 Å². The summed E-state index contributed by atoms with van der Waals surface area (Å²) in [5.41, 5.74) is 2.44. The predicted molar refractivity (Wildman–Crippen MR) is 207 cm³/mol. The first-order valence-corrected chi connectivity index (χ1v) is 21.4. The molecule has 0 fully saturated rings. The van der Waals surface area contributed by atoms with Gasteiger partial charge in [0.15, 0.2) is 0 Å². The van der Waals surface area contributed by atoms with Gasteiger partial charge in [0.25, 0.3) is 8.32 Å². The molecule has 280 valence electrons. The molecule has 0 saturated heterocycles. The van der Waals surface area contributed by atoms with Gasteiger partial charge in [-0.05, 0) is 52.0 Å². The quantitative estimate of drug-likeness (QED) is 0.0940. The first kappa shape index (κ1) is 39.1. The highest BCUT2D eigenvalue weighted by molar-refractivity contribution is 7.92. The van der Waals surface area contributed by atoms with Crippen molar-refractivity contribution in [1.82, 2.24) is 9.55 Å². The number of aromatic nitrogens is 2. The van der Waals surface area contributed by atoms with Gasteiger partial charge in [-0.1, -0.05) is 53.1 Å². The third kappa shape index (κ3) is 7.02. The van der Waals surface area contributed by atoms with Gasteiger partial charge in [0.1, 0.15) is 34.4 Å². The third-order valence-electron chi connectivity index (χ3n) is 10.1. The Morgan fingerprint density at radius 3 is 2.17 bits per heavy atom. The minimum absolute atomic E-state index is 0.00275. The number of methoxy groups -OCH3 is 2. The average Bonchev–Trinajstić information content (AvgIpc) is 3.39. The molecule has 0 unspecified atom stereocenters. The zero-order valence-corrected chi connectivity index (χ0v) is 33.7. The molecule has 1 N–H and O–H groups in total. The molecule has 0 spiro atoms. The number of nitrogens with zero attached hydrogens (tertiary/aromatic N) is 3. The zero-order chi connectivity index (χ0) is 38.4. The number of halogens is 3. The monoisotopic (exact) mass is 773 g/mol. The summed E-state index contributed by atoms with van der Waals surface area (Å²) in [6.07, 6.45) is 4.35. The second kappa shape index (κ2) is 14.7. The van der Waals surface area contributed by atoms with Crippen LogP contribution < -0.4 is 18.2 Å². The Morgan fingerprint density at radius 2 is 1.60 bits per heavy atom. The summed E-state index contributed by atoms with van der Waals surface area (Å²) in [6.45, 7) is 13.0. The van der Waals surface area contributed by atoms with Gasteiger partial charge in [0.2, 0.25) is 15.9 Å². The zero-order valence-electron chi connectivity index (χ0n) is 31.1. The number of fused-ring (bicyclic) bond motifs is 2. The second-order valence-corrected chi connectivity index (χ2v) is 21.9. The second-order valence-electron chi connectivity index (χ2n) is 14.1. The number of hydrogen-bond donors (Lipinski definition) is 1. The molecular formula is C38H46ClF2N3O6SSi. The van der Waals surface area contributed by atoms with Crippen LogP contribution in [-0.4, -0.2) is 58.9 Å². The molecule has 5 rings (SSSR count). The smallest absolute Gasteiger partial charge is 0.258 e. The Hall–Kier alpha value is -4.07.